The van der Waals surface area contributed by atoms with Crippen molar-refractivity contribution < 1.29 is 14.6 Å². The van der Waals surface area contributed by atoms with Gasteiger partial charge in [0.2, 0.25) is 11.8 Å². The number of ether oxygens (including phenoxy) is 2. The number of hydrogen-bond acceptors (Lipinski definition) is 5. The van der Waals surface area contributed by atoms with E-state index in [9.17, 15) is 5.11 Å². The van der Waals surface area contributed by atoms with Crippen LogP contribution >= 0.6 is 0 Å². The predicted molar refractivity (Wildman–Crippen MR) is 82.7 cm³/mol. The Labute approximate surface area is 127 Å². The first-order valence-corrected chi connectivity index (χ1v) is 7.85. The first-order valence-electron chi connectivity index (χ1n) is 7.85. The minimum Gasteiger partial charge on any atom is -0.480 e. The molecule has 1 rings (SSSR count). The topological polar surface area (TPSA) is 64.5 Å². The Hall–Kier alpha value is -1.36. The van der Waals surface area contributed by atoms with Gasteiger partial charge in [-0.2, -0.15) is 4.98 Å². The van der Waals surface area contributed by atoms with E-state index in [4.69, 9.17) is 9.47 Å². The second-order valence-electron chi connectivity index (χ2n) is 5.23. The highest BCUT2D eigenvalue weighted by molar-refractivity contribution is 5.24. The molecule has 0 fully saturated rings. The summed E-state index contributed by atoms with van der Waals surface area (Å²) in [6, 6.07) is 0. The lowest BCUT2D eigenvalue weighted by atomic mass is 10.0. The number of aliphatic hydroxyl groups excluding tert-OH is 1. The molecule has 21 heavy (non-hydrogen) atoms. The molecule has 5 heteroatoms. The smallest absolute Gasteiger partial charge is 0.241 e. The molecule has 1 heterocycles. The van der Waals surface area contributed by atoms with E-state index >= 15 is 0 Å². The van der Waals surface area contributed by atoms with Gasteiger partial charge in [-0.05, 0) is 6.42 Å². The number of methoxy groups -OCH3 is 2. The zero-order valence-corrected chi connectivity index (χ0v) is 13.5. The highest BCUT2D eigenvalue weighted by Gasteiger charge is 2.17. The van der Waals surface area contributed by atoms with Crippen molar-refractivity contribution in [1.29, 1.82) is 0 Å². The van der Waals surface area contributed by atoms with E-state index in [0.717, 1.165) is 12.8 Å². The van der Waals surface area contributed by atoms with Gasteiger partial charge in [-0.15, -0.1) is 0 Å². The van der Waals surface area contributed by atoms with Gasteiger partial charge in [-0.3, -0.25) is 0 Å². The number of nitrogens with zero attached hydrogens (tertiary/aromatic N) is 2. The van der Waals surface area contributed by atoms with E-state index in [-0.39, 0.29) is 0 Å². The van der Waals surface area contributed by atoms with Crippen molar-refractivity contribution in [3.63, 3.8) is 0 Å². The second kappa shape index (κ2) is 10.4. The van der Waals surface area contributed by atoms with Gasteiger partial charge >= 0.3 is 0 Å². The molecule has 0 radical (unpaired) electrons. The van der Waals surface area contributed by atoms with Gasteiger partial charge in [0.1, 0.15) is 11.8 Å². The number of aliphatic hydroxyl groups is 1. The molecule has 0 aliphatic rings. The van der Waals surface area contributed by atoms with Crippen LogP contribution in [0.2, 0.25) is 0 Å². The summed E-state index contributed by atoms with van der Waals surface area (Å²) in [6.45, 7) is 2.22. The fourth-order valence-corrected chi connectivity index (χ4v) is 2.27. The normalized spacial score (nSPS) is 12.2. The summed E-state index contributed by atoms with van der Waals surface area (Å²) < 4.78 is 10.2. The Kier molecular flexibility index (Phi) is 8.74. The number of aromatic nitrogens is 2. The Morgan fingerprint density at radius 2 is 1.71 bits per heavy atom. The maximum absolute atomic E-state index is 10.2. The molecule has 0 saturated heterocycles. The van der Waals surface area contributed by atoms with Crippen molar-refractivity contribution in [3.05, 3.63) is 11.9 Å². The Bertz CT molecular complexity index is 399. The van der Waals surface area contributed by atoms with E-state index in [1.165, 1.54) is 52.5 Å². The van der Waals surface area contributed by atoms with Crippen molar-refractivity contribution in [2.75, 3.05) is 14.2 Å². The van der Waals surface area contributed by atoms with Crippen LogP contribution in [-0.4, -0.2) is 29.3 Å². The van der Waals surface area contributed by atoms with Crippen LogP contribution in [0.15, 0.2) is 6.20 Å². The fraction of sp³-hybridized carbons (Fsp3) is 0.750. The quantitative estimate of drug-likeness (QED) is 0.631. The second-order valence-corrected chi connectivity index (χ2v) is 5.23. The minimum atomic E-state index is -0.631. The molecule has 5 nitrogen and oxygen atoms in total. The summed E-state index contributed by atoms with van der Waals surface area (Å²) in [7, 11) is 3.05. The predicted octanol–water partition coefficient (Wildman–Crippen LogP) is 3.67. The summed E-state index contributed by atoms with van der Waals surface area (Å²) in [5.74, 6) is 0.725. The van der Waals surface area contributed by atoms with Crippen LogP contribution in [-0.2, 0) is 0 Å². The summed E-state index contributed by atoms with van der Waals surface area (Å²) in [5.41, 5.74) is 0.490. The molecule has 0 saturated carbocycles. The van der Waals surface area contributed by atoms with E-state index < -0.39 is 6.10 Å². The van der Waals surface area contributed by atoms with Crippen LogP contribution in [0.25, 0.3) is 0 Å². The minimum absolute atomic E-state index is 0.338. The van der Waals surface area contributed by atoms with Crippen molar-refractivity contribution in [2.24, 2.45) is 0 Å². The Balaban J connectivity index is 2.36. The largest absolute Gasteiger partial charge is 0.480 e. The molecule has 0 aliphatic heterocycles. The molecule has 1 aromatic heterocycles. The highest BCUT2D eigenvalue weighted by Crippen LogP contribution is 2.26. The molecule has 120 valence electrons. The highest BCUT2D eigenvalue weighted by atomic mass is 16.5. The molecule has 0 bridgehead atoms. The van der Waals surface area contributed by atoms with E-state index in [0.29, 0.717) is 23.9 Å². The van der Waals surface area contributed by atoms with Gasteiger partial charge < -0.3 is 14.6 Å². The molecular weight excluding hydrogens is 268 g/mol. The molecule has 1 unspecified atom stereocenters. The van der Waals surface area contributed by atoms with Crippen LogP contribution in [0.3, 0.4) is 0 Å². The molecular formula is C16H28N2O3. The summed E-state index contributed by atoms with van der Waals surface area (Å²) >= 11 is 0. The summed E-state index contributed by atoms with van der Waals surface area (Å²) in [6.07, 6.45) is 10.1. The van der Waals surface area contributed by atoms with Crippen LogP contribution in [0.5, 0.6) is 11.8 Å². The third-order valence-corrected chi connectivity index (χ3v) is 3.54. The zero-order chi connectivity index (χ0) is 15.5. The monoisotopic (exact) mass is 296 g/mol. The average Bonchev–Trinajstić information content (AvgIpc) is 2.53. The van der Waals surface area contributed by atoms with E-state index in [2.05, 4.69) is 16.9 Å². The third-order valence-electron chi connectivity index (χ3n) is 3.54. The SMILES string of the molecule is CCCCCCCCCC(O)c1ncc(OC)nc1OC. The summed E-state index contributed by atoms with van der Waals surface area (Å²) in [5, 5.41) is 10.2. The fourth-order valence-electron chi connectivity index (χ4n) is 2.27. The lowest BCUT2D eigenvalue weighted by Gasteiger charge is -2.13. The van der Waals surface area contributed by atoms with Gasteiger partial charge in [-0.1, -0.05) is 51.9 Å². The number of unbranched alkanes of at least 4 members (excludes halogenated alkanes) is 6. The van der Waals surface area contributed by atoms with Crippen molar-refractivity contribution in [2.45, 2.75) is 64.4 Å². The Morgan fingerprint density at radius 1 is 1.05 bits per heavy atom. The van der Waals surface area contributed by atoms with Gasteiger partial charge in [0, 0.05) is 0 Å². The molecule has 0 aliphatic carbocycles. The van der Waals surface area contributed by atoms with Crippen LogP contribution < -0.4 is 9.47 Å². The molecule has 1 N–H and O–H groups in total. The van der Waals surface area contributed by atoms with Crippen LogP contribution in [0.1, 0.15) is 70.1 Å². The molecule has 0 spiro atoms. The lowest BCUT2D eigenvalue weighted by Crippen LogP contribution is -2.06. The molecule has 1 atom stereocenters. The number of hydrogen-bond donors (Lipinski definition) is 1. The lowest BCUT2D eigenvalue weighted by molar-refractivity contribution is 0.152. The van der Waals surface area contributed by atoms with Crippen molar-refractivity contribution >= 4 is 0 Å². The standard InChI is InChI=1S/C16H28N2O3/c1-4-5-6-7-8-9-10-11-13(19)15-16(21-3)18-14(20-2)12-17-15/h12-13,19H,4-11H2,1-3H3. The van der Waals surface area contributed by atoms with Crippen LogP contribution in [0, 0.1) is 0 Å². The maximum atomic E-state index is 10.2. The van der Waals surface area contributed by atoms with Crippen LogP contribution in [0.4, 0.5) is 0 Å². The van der Waals surface area contributed by atoms with Gasteiger partial charge in [0.15, 0.2) is 0 Å². The molecule has 0 amide bonds. The Morgan fingerprint density at radius 3 is 2.33 bits per heavy atom. The summed E-state index contributed by atoms with van der Waals surface area (Å²) in [4.78, 5) is 8.34. The van der Waals surface area contributed by atoms with Gasteiger partial charge in [-0.25, -0.2) is 4.98 Å². The van der Waals surface area contributed by atoms with Gasteiger partial charge in [0.25, 0.3) is 0 Å². The first kappa shape index (κ1) is 17.7. The average molecular weight is 296 g/mol. The molecule has 1 aromatic rings. The maximum Gasteiger partial charge on any atom is 0.241 e. The first-order chi connectivity index (χ1) is 10.2. The van der Waals surface area contributed by atoms with Gasteiger partial charge in [0.05, 0.1) is 20.4 Å². The van der Waals surface area contributed by atoms with Crippen molar-refractivity contribution in [1.82, 2.24) is 9.97 Å². The van der Waals surface area contributed by atoms with Crippen molar-refractivity contribution in [3.8, 4) is 11.8 Å². The number of rotatable bonds is 11. The van der Waals surface area contributed by atoms with E-state index in [1.54, 1.807) is 0 Å². The third kappa shape index (κ3) is 6.29. The van der Waals surface area contributed by atoms with E-state index in [1.807, 2.05) is 0 Å². The molecule has 0 aromatic carbocycles. The zero-order valence-electron chi connectivity index (χ0n) is 13.5.